The summed E-state index contributed by atoms with van der Waals surface area (Å²) in [6, 6.07) is 15.5. The van der Waals surface area contributed by atoms with E-state index in [0.29, 0.717) is 24.5 Å². The third kappa shape index (κ3) is 4.87. The van der Waals surface area contributed by atoms with Gasteiger partial charge in [-0.2, -0.15) is 0 Å². The molecule has 1 unspecified atom stereocenters. The van der Waals surface area contributed by atoms with Crippen LogP contribution in [0.5, 0.6) is 5.75 Å². The van der Waals surface area contributed by atoms with Crippen LogP contribution < -0.4 is 4.74 Å². The van der Waals surface area contributed by atoms with Crippen molar-refractivity contribution in [2.24, 2.45) is 0 Å². The molecule has 0 amide bonds. The Bertz CT molecular complexity index is 537. The molecular formula is C17H19ClO2. The van der Waals surface area contributed by atoms with Crippen LogP contribution in [0.15, 0.2) is 48.5 Å². The second-order valence-electron chi connectivity index (χ2n) is 4.94. The Morgan fingerprint density at radius 2 is 1.90 bits per heavy atom. The van der Waals surface area contributed by atoms with Crippen LogP contribution in [-0.4, -0.2) is 17.8 Å². The predicted octanol–water partition coefficient (Wildman–Crippen LogP) is 4.02. The second-order valence-corrected chi connectivity index (χ2v) is 5.37. The maximum atomic E-state index is 9.99. The third-order valence-corrected chi connectivity index (χ3v) is 3.35. The predicted molar refractivity (Wildman–Crippen MR) is 82.5 cm³/mol. The normalized spacial score (nSPS) is 12.2. The quantitative estimate of drug-likeness (QED) is 0.871. The fourth-order valence-corrected chi connectivity index (χ4v) is 2.14. The minimum Gasteiger partial charge on any atom is -0.493 e. The van der Waals surface area contributed by atoms with Crippen LogP contribution in [0, 0.1) is 6.92 Å². The molecule has 0 heterocycles. The standard InChI is InChI=1S/C17H19ClO2/c1-13-3-2-4-17(11-13)20-10-9-16(19)12-14-5-7-15(18)8-6-14/h2-8,11,16,19H,9-10,12H2,1H3. The number of aryl methyl sites for hydroxylation is 1. The van der Waals surface area contributed by atoms with Crippen molar-refractivity contribution in [3.05, 3.63) is 64.7 Å². The molecule has 2 aromatic carbocycles. The molecule has 0 saturated heterocycles. The van der Waals surface area contributed by atoms with Crippen LogP contribution in [0.3, 0.4) is 0 Å². The van der Waals surface area contributed by atoms with Gasteiger partial charge in [0.15, 0.2) is 0 Å². The minimum absolute atomic E-state index is 0.402. The van der Waals surface area contributed by atoms with Crippen molar-refractivity contribution in [1.29, 1.82) is 0 Å². The van der Waals surface area contributed by atoms with E-state index in [1.54, 1.807) is 0 Å². The average Bonchev–Trinajstić information content (AvgIpc) is 2.41. The van der Waals surface area contributed by atoms with E-state index in [0.717, 1.165) is 11.3 Å². The molecule has 1 atom stereocenters. The van der Waals surface area contributed by atoms with E-state index >= 15 is 0 Å². The van der Waals surface area contributed by atoms with Gasteiger partial charge in [-0.3, -0.25) is 0 Å². The van der Waals surface area contributed by atoms with Crippen molar-refractivity contribution in [3.63, 3.8) is 0 Å². The summed E-state index contributed by atoms with van der Waals surface area (Å²) >= 11 is 5.83. The minimum atomic E-state index is -0.402. The lowest BCUT2D eigenvalue weighted by atomic mass is 10.1. The lowest BCUT2D eigenvalue weighted by molar-refractivity contribution is 0.139. The van der Waals surface area contributed by atoms with Gasteiger partial charge in [0, 0.05) is 11.4 Å². The van der Waals surface area contributed by atoms with E-state index in [1.807, 2.05) is 55.5 Å². The number of hydrogen-bond acceptors (Lipinski definition) is 2. The summed E-state index contributed by atoms with van der Waals surface area (Å²) in [4.78, 5) is 0. The zero-order valence-corrected chi connectivity index (χ0v) is 12.3. The molecule has 3 heteroatoms. The number of halogens is 1. The van der Waals surface area contributed by atoms with Gasteiger partial charge >= 0.3 is 0 Å². The van der Waals surface area contributed by atoms with E-state index < -0.39 is 6.10 Å². The fourth-order valence-electron chi connectivity index (χ4n) is 2.01. The molecule has 1 N–H and O–H groups in total. The van der Waals surface area contributed by atoms with Crippen LogP contribution in [0.2, 0.25) is 5.02 Å². The molecule has 0 fully saturated rings. The number of aliphatic hydroxyl groups is 1. The van der Waals surface area contributed by atoms with Gasteiger partial charge in [-0.25, -0.2) is 0 Å². The van der Waals surface area contributed by atoms with Gasteiger partial charge in [0.05, 0.1) is 12.7 Å². The van der Waals surface area contributed by atoms with Crippen molar-refractivity contribution in [2.45, 2.75) is 25.9 Å². The van der Waals surface area contributed by atoms with E-state index in [2.05, 4.69) is 0 Å². The highest BCUT2D eigenvalue weighted by atomic mass is 35.5. The molecule has 0 bridgehead atoms. The Hall–Kier alpha value is -1.51. The summed E-state index contributed by atoms with van der Waals surface area (Å²) < 4.78 is 5.63. The Morgan fingerprint density at radius 3 is 2.60 bits per heavy atom. The van der Waals surface area contributed by atoms with Gasteiger partial charge in [0.25, 0.3) is 0 Å². The number of aliphatic hydroxyl groups excluding tert-OH is 1. The van der Waals surface area contributed by atoms with Crippen molar-refractivity contribution >= 4 is 11.6 Å². The Morgan fingerprint density at radius 1 is 1.15 bits per heavy atom. The smallest absolute Gasteiger partial charge is 0.119 e. The van der Waals surface area contributed by atoms with Gasteiger partial charge in [-0.15, -0.1) is 0 Å². The van der Waals surface area contributed by atoms with Crippen molar-refractivity contribution in [2.75, 3.05) is 6.61 Å². The van der Waals surface area contributed by atoms with Gasteiger partial charge in [-0.1, -0.05) is 35.9 Å². The molecule has 0 saturated carbocycles. The molecule has 0 aliphatic rings. The fraction of sp³-hybridized carbons (Fsp3) is 0.294. The molecule has 2 nitrogen and oxygen atoms in total. The SMILES string of the molecule is Cc1cccc(OCCC(O)Cc2ccc(Cl)cc2)c1. The van der Waals surface area contributed by atoms with E-state index in [1.165, 1.54) is 5.56 Å². The monoisotopic (exact) mass is 290 g/mol. The van der Waals surface area contributed by atoms with Gasteiger partial charge in [0.2, 0.25) is 0 Å². The van der Waals surface area contributed by atoms with Gasteiger partial charge in [-0.05, 0) is 48.7 Å². The first-order chi connectivity index (χ1) is 9.63. The largest absolute Gasteiger partial charge is 0.493 e. The van der Waals surface area contributed by atoms with Crippen molar-refractivity contribution in [1.82, 2.24) is 0 Å². The van der Waals surface area contributed by atoms with E-state index in [4.69, 9.17) is 16.3 Å². The maximum Gasteiger partial charge on any atom is 0.119 e. The van der Waals surface area contributed by atoms with E-state index in [-0.39, 0.29) is 0 Å². The van der Waals surface area contributed by atoms with Crippen molar-refractivity contribution in [3.8, 4) is 5.75 Å². The van der Waals surface area contributed by atoms with Crippen LogP contribution in [-0.2, 0) is 6.42 Å². The number of ether oxygens (including phenoxy) is 1. The number of benzene rings is 2. The molecular weight excluding hydrogens is 272 g/mol. The average molecular weight is 291 g/mol. The first-order valence-corrected chi connectivity index (χ1v) is 7.13. The highest BCUT2D eigenvalue weighted by Gasteiger charge is 2.06. The first-order valence-electron chi connectivity index (χ1n) is 6.75. The molecule has 106 valence electrons. The summed E-state index contributed by atoms with van der Waals surface area (Å²) in [5, 5.41) is 10.7. The van der Waals surface area contributed by atoms with Gasteiger partial charge < -0.3 is 9.84 Å². The number of hydrogen-bond donors (Lipinski definition) is 1. The van der Waals surface area contributed by atoms with E-state index in [9.17, 15) is 5.11 Å². The summed E-state index contributed by atoms with van der Waals surface area (Å²) in [6.45, 7) is 2.54. The summed E-state index contributed by atoms with van der Waals surface area (Å²) in [7, 11) is 0. The Balaban J connectivity index is 1.75. The zero-order chi connectivity index (χ0) is 14.4. The van der Waals surface area contributed by atoms with Crippen LogP contribution >= 0.6 is 11.6 Å². The maximum absolute atomic E-state index is 9.99. The van der Waals surface area contributed by atoms with Crippen molar-refractivity contribution < 1.29 is 9.84 Å². The Labute approximate surface area is 125 Å². The summed E-state index contributed by atoms with van der Waals surface area (Å²) in [5.74, 6) is 0.851. The molecule has 0 aromatic heterocycles. The molecule has 0 radical (unpaired) electrons. The second kappa shape index (κ2) is 7.32. The van der Waals surface area contributed by atoms with Gasteiger partial charge in [0.1, 0.15) is 5.75 Å². The molecule has 2 rings (SSSR count). The topological polar surface area (TPSA) is 29.5 Å². The lowest BCUT2D eigenvalue weighted by Gasteiger charge is -2.12. The highest BCUT2D eigenvalue weighted by Crippen LogP contribution is 2.14. The zero-order valence-electron chi connectivity index (χ0n) is 11.6. The lowest BCUT2D eigenvalue weighted by Crippen LogP contribution is -2.14. The molecule has 0 aliphatic carbocycles. The van der Waals surface area contributed by atoms with Crippen LogP contribution in [0.1, 0.15) is 17.5 Å². The molecule has 2 aromatic rings. The Kier molecular flexibility index (Phi) is 5.45. The molecule has 0 aliphatic heterocycles. The highest BCUT2D eigenvalue weighted by molar-refractivity contribution is 6.30. The molecule has 0 spiro atoms. The summed E-state index contributed by atoms with van der Waals surface area (Å²) in [5.41, 5.74) is 2.25. The third-order valence-electron chi connectivity index (χ3n) is 3.09. The first kappa shape index (κ1) is 14.9. The van der Waals surface area contributed by atoms with Crippen LogP contribution in [0.25, 0.3) is 0 Å². The molecule has 20 heavy (non-hydrogen) atoms. The summed E-state index contributed by atoms with van der Waals surface area (Å²) in [6.07, 6.45) is 0.825. The van der Waals surface area contributed by atoms with Crippen LogP contribution in [0.4, 0.5) is 0 Å². The number of rotatable bonds is 6.